The molecule has 0 spiro atoms. The molecule has 0 aliphatic carbocycles. The van der Waals surface area contributed by atoms with Gasteiger partial charge in [-0.05, 0) is 37.3 Å². The molecule has 27 heavy (non-hydrogen) atoms. The Balaban J connectivity index is 2.47. The molecule has 0 saturated carbocycles. The van der Waals surface area contributed by atoms with Crippen molar-refractivity contribution in [3.63, 3.8) is 0 Å². The Morgan fingerprint density at radius 2 is 1.67 bits per heavy atom. The molecular formula is C17H17F3N2O4S. The van der Waals surface area contributed by atoms with Gasteiger partial charge in [0.05, 0.1) is 12.2 Å². The molecule has 0 aromatic heterocycles. The molecule has 0 aliphatic heterocycles. The number of carbonyl (C=O) groups is 1. The third-order valence-electron chi connectivity index (χ3n) is 3.53. The molecule has 0 unspecified atom stereocenters. The van der Waals surface area contributed by atoms with Gasteiger partial charge in [0.1, 0.15) is 4.90 Å². The van der Waals surface area contributed by atoms with E-state index in [0.29, 0.717) is 6.07 Å². The average molecular weight is 402 g/mol. The van der Waals surface area contributed by atoms with E-state index in [1.165, 1.54) is 19.1 Å². The fourth-order valence-corrected chi connectivity index (χ4v) is 3.33. The van der Waals surface area contributed by atoms with Gasteiger partial charge in [-0.3, -0.25) is 4.72 Å². The van der Waals surface area contributed by atoms with Crippen LogP contribution in [-0.2, 0) is 14.8 Å². The number of hydrogen-bond acceptors (Lipinski definition) is 5. The first kappa shape index (κ1) is 20.6. The highest BCUT2D eigenvalue weighted by atomic mass is 32.2. The van der Waals surface area contributed by atoms with E-state index < -0.39 is 43.9 Å². The molecule has 6 nitrogen and oxygen atoms in total. The summed E-state index contributed by atoms with van der Waals surface area (Å²) in [5.41, 5.74) is -0.164. The van der Waals surface area contributed by atoms with Gasteiger partial charge in [0.15, 0.2) is 17.5 Å². The van der Waals surface area contributed by atoms with E-state index >= 15 is 0 Å². The quantitative estimate of drug-likeness (QED) is 0.594. The lowest BCUT2D eigenvalue weighted by molar-refractivity contribution is 0.0519. The van der Waals surface area contributed by atoms with Gasteiger partial charge in [0, 0.05) is 25.5 Å². The number of carbonyl (C=O) groups excluding carboxylic acids is 1. The minimum absolute atomic E-state index is 0.0717. The Morgan fingerprint density at radius 1 is 1.07 bits per heavy atom. The summed E-state index contributed by atoms with van der Waals surface area (Å²) in [5, 5.41) is 0. The molecule has 2 rings (SSSR count). The first-order valence-electron chi connectivity index (χ1n) is 7.73. The number of ether oxygens (including phenoxy) is 1. The molecule has 0 aliphatic rings. The summed E-state index contributed by atoms with van der Waals surface area (Å²) in [6.07, 6.45) is 0. The summed E-state index contributed by atoms with van der Waals surface area (Å²) in [5.74, 6) is -7.14. The van der Waals surface area contributed by atoms with E-state index in [4.69, 9.17) is 0 Å². The monoisotopic (exact) mass is 402 g/mol. The second-order valence-corrected chi connectivity index (χ2v) is 7.28. The van der Waals surface area contributed by atoms with Gasteiger partial charge in [-0.15, -0.1) is 0 Å². The highest BCUT2D eigenvalue weighted by Crippen LogP contribution is 2.26. The van der Waals surface area contributed by atoms with E-state index in [2.05, 4.69) is 9.46 Å². The molecule has 0 atom stereocenters. The van der Waals surface area contributed by atoms with Crippen molar-refractivity contribution in [3.05, 3.63) is 53.3 Å². The van der Waals surface area contributed by atoms with Crippen molar-refractivity contribution in [2.24, 2.45) is 0 Å². The van der Waals surface area contributed by atoms with E-state index in [1.54, 1.807) is 31.1 Å². The fourth-order valence-electron chi connectivity index (χ4n) is 2.17. The van der Waals surface area contributed by atoms with Gasteiger partial charge in [0.2, 0.25) is 0 Å². The second-order valence-electron chi connectivity index (χ2n) is 5.63. The fraction of sp³-hybridized carbons (Fsp3) is 0.235. The molecule has 0 saturated heterocycles. The number of rotatable bonds is 6. The van der Waals surface area contributed by atoms with E-state index in [0.717, 1.165) is 5.69 Å². The number of anilines is 2. The topological polar surface area (TPSA) is 75.7 Å². The Morgan fingerprint density at radius 3 is 2.19 bits per heavy atom. The zero-order valence-electron chi connectivity index (χ0n) is 14.7. The number of nitrogens with one attached hydrogen (secondary N) is 1. The average Bonchev–Trinajstić information content (AvgIpc) is 2.60. The molecule has 2 aromatic carbocycles. The van der Waals surface area contributed by atoms with Gasteiger partial charge in [-0.2, -0.15) is 0 Å². The van der Waals surface area contributed by atoms with Crippen LogP contribution in [0, 0.1) is 17.5 Å². The standard InChI is InChI=1S/C17H17F3N2O4S/c1-4-26-17(23)12-9-13(15(19)16(20)14(12)18)27(24,25)21-10-5-7-11(8-6-10)22(2)3/h5-9,21H,4H2,1-3H3. The van der Waals surface area contributed by atoms with Crippen LogP contribution in [0.5, 0.6) is 0 Å². The van der Waals surface area contributed by atoms with Gasteiger partial charge < -0.3 is 9.64 Å². The van der Waals surface area contributed by atoms with Crippen molar-refractivity contribution in [3.8, 4) is 0 Å². The highest BCUT2D eigenvalue weighted by molar-refractivity contribution is 7.92. The predicted molar refractivity (Wildman–Crippen MR) is 93.9 cm³/mol. The number of hydrogen-bond donors (Lipinski definition) is 1. The minimum atomic E-state index is -4.64. The molecule has 0 amide bonds. The normalized spacial score (nSPS) is 11.2. The maximum atomic E-state index is 14.1. The minimum Gasteiger partial charge on any atom is -0.462 e. The first-order chi connectivity index (χ1) is 12.6. The number of benzene rings is 2. The Bertz CT molecular complexity index is 961. The Hall–Kier alpha value is -2.75. The summed E-state index contributed by atoms with van der Waals surface area (Å²) in [6, 6.07) is 6.43. The molecule has 0 heterocycles. The van der Waals surface area contributed by atoms with Gasteiger partial charge in [-0.25, -0.2) is 26.4 Å². The van der Waals surface area contributed by atoms with Crippen LogP contribution in [0.1, 0.15) is 17.3 Å². The smallest absolute Gasteiger partial charge is 0.341 e. The first-order valence-corrected chi connectivity index (χ1v) is 9.21. The number of sulfonamides is 1. The van der Waals surface area contributed by atoms with E-state index in [9.17, 15) is 26.4 Å². The number of esters is 1. The number of nitrogens with zero attached hydrogens (tertiary/aromatic N) is 1. The molecule has 2 aromatic rings. The highest BCUT2D eigenvalue weighted by Gasteiger charge is 2.29. The van der Waals surface area contributed by atoms with Crippen LogP contribution in [0.3, 0.4) is 0 Å². The molecule has 0 bridgehead atoms. The second kappa shape index (κ2) is 7.87. The van der Waals surface area contributed by atoms with Crippen LogP contribution in [0.4, 0.5) is 24.5 Å². The van der Waals surface area contributed by atoms with Crippen LogP contribution in [0.25, 0.3) is 0 Å². The van der Waals surface area contributed by atoms with Crippen LogP contribution in [0.2, 0.25) is 0 Å². The summed E-state index contributed by atoms with van der Waals surface area (Å²) in [4.78, 5) is 12.3. The lowest BCUT2D eigenvalue weighted by Crippen LogP contribution is -2.19. The van der Waals surface area contributed by atoms with Crippen molar-refractivity contribution >= 4 is 27.4 Å². The van der Waals surface area contributed by atoms with Gasteiger partial charge in [-0.1, -0.05) is 0 Å². The summed E-state index contributed by atoms with van der Waals surface area (Å²) < 4.78 is 73.2. The lowest BCUT2D eigenvalue weighted by Gasteiger charge is -2.14. The summed E-state index contributed by atoms with van der Waals surface area (Å²) in [6.45, 7) is 1.27. The van der Waals surface area contributed by atoms with E-state index in [1.807, 2.05) is 0 Å². The van der Waals surface area contributed by atoms with Crippen molar-refractivity contribution in [1.29, 1.82) is 0 Å². The van der Waals surface area contributed by atoms with Crippen molar-refractivity contribution in [1.82, 2.24) is 0 Å². The van der Waals surface area contributed by atoms with Crippen molar-refractivity contribution in [2.45, 2.75) is 11.8 Å². The third kappa shape index (κ3) is 4.33. The molecule has 10 heteroatoms. The van der Waals surface area contributed by atoms with Gasteiger partial charge >= 0.3 is 5.97 Å². The molecule has 0 fully saturated rings. The molecular weight excluding hydrogens is 385 g/mol. The zero-order chi connectivity index (χ0) is 20.4. The van der Waals surface area contributed by atoms with Crippen LogP contribution in [-0.4, -0.2) is 35.1 Å². The molecule has 146 valence electrons. The Labute approximate surface area is 154 Å². The lowest BCUT2D eigenvalue weighted by atomic mass is 10.2. The predicted octanol–water partition coefficient (Wildman–Crippen LogP) is 3.15. The van der Waals surface area contributed by atoms with Crippen LogP contribution < -0.4 is 9.62 Å². The maximum absolute atomic E-state index is 14.1. The molecule has 0 radical (unpaired) electrons. The van der Waals surface area contributed by atoms with Crippen molar-refractivity contribution in [2.75, 3.05) is 30.3 Å². The third-order valence-corrected chi connectivity index (χ3v) is 4.91. The van der Waals surface area contributed by atoms with Gasteiger partial charge in [0.25, 0.3) is 10.0 Å². The Kier molecular flexibility index (Phi) is 5.99. The molecule has 1 N–H and O–H groups in total. The van der Waals surface area contributed by atoms with Crippen molar-refractivity contribution < 1.29 is 31.1 Å². The van der Waals surface area contributed by atoms with E-state index in [-0.39, 0.29) is 12.3 Å². The zero-order valence-corrected chi connectivity index (χ0v) is 15.5. The summed E-state index contributed by atoms with van der Waals surface area (Å²) >= 11 is 0. The van der Waals surface area contributed by atoms with Crippen LogP contribution >= 0.6 is 0 Å². The SMILES string of the molecule is CCOC(=O)c1cc(S(=O)(=O)Nc2ccc(N(C)C)cc2)c(F)c(F)c1F. The largest absolute Gasteiger partial charge is 0.462 e. The maximum Gasteiger partial charge on any atom is 0.341 e. The number of halogens is 3. The summed E-state index contributed by atoms with van der Waals surface area (Å²) in [7, 11) is -1.07. The van der Waals surface area contributed by atoms with Crippen LogP contribution in [0.15, 0.2) is 35.2 Å².